The van der Waals surface area contributed by atoms with Crippen LogP contribution >= 0.6 is 0 Å². The van der Waals surface area contributed by atoms with Gasteiger partial charge in [0.15, 0.2) is 5.79 Å². The van der Waals surface area contributed by atoms with Gasteiger partial charge in [0.2, 0.25) is 5.78 Å². The molecule has 0 aromatic rings. The van der Waals surface area contributed by atoms with Gasteiger partial charge in [-0.05, 0) is 32.3 Å². The first kappa shape index (κ1) is 14.9. The third-order valence-electron chi connectivity index (χ3n) is 3.53. The third kappa shape index (κ3) is 3.31. The molecule has 0 bridgehead atoms. The van der Waals surface area contributed by atoms with E-state index in [0.717, 1.165) is 12.0 Å². The van der Waals surface area contributed by atoms with E-state index in [9.17, 15) is 4.79 Å². The van der Waals surface area contributed by atoms with Gasteiger partial charge in [-0.2, -0.15) is 4.79 Å². The normalized spacial score (nSPS) is 26.6. The van der Waals surface area contributed by atoms with Crippen LogP contribution in [0.2, 0.25) is 0 Å². The van der Waals surface area contributed by atoms with Crippen molar-refractivity contribution in [3.63, 3.8) is 0 Å². The lowest BCUT2D eigenvalue weighted by atomic mass is 9.94. The van der Waals surface area contributed by atoms with Gasteiger partial charge in [0, 0.05) is 13.3 Å². The molecule has 0 saturated carbocycles. The molecular weight excluding hydrogens is 256 g/mol. The topological polar surface area (TPSA) is 71.9 Å². The fraction of sp³-hybridized carbons (Fsp3) is 0.600. The number of nitrogens with zero attached hydrogens (tertiary/aromatic N) is 2. The number of hydrogen-bond donors (Lipinski definition) is 0. The Balaban J connectivity index is 1.90. The van der Waals surface area contributed by atoms with Gasteiger partial charge in [-0.25, -0.2) is 0 Å². The number of allylic oxidation sites excluding steroid dienone is 2. The van der Waals surface area contributed by atoms with Gasteiger partial charge in [0.05, 0.1) is 0 Å². The molecule has 0 unspecified atom stereocenters. The zero-order chi connectivity index (χ0) is 14.8. The van der Waals surface area contributed by atoms with Crippen molar-refractivity contribution in [2.75, 3.05) is 0 Å². The Labute approximate surface area is 118 Å². The molecule has 20 heavy (non-hydrogen) atoms. The molecule has 5 heteroatoms. The van der Waals surface area contributed by atoms with E-state index >= 15 is 0 Å². The van der Waals surface area contributed by atoms with Crippen molar-refractivity contribution < 1.29 is 19.1 Å². The Morgan fingerprint density at radius 2 is 2.20 bits per heavy atom. The Bertz CT molecular complexity index is 513. The van der Waals surface area contributed by atoms with Crippen LogP contribution in [0.3, 0.4) is 0 Å². The minimum Gasteiger partial charge on any atom is -0.361 e. The largest absolute Gasteiger partial charge is 0.361 e. The second kappa shape index (κ2) is 5.83. The smallest absolute Gasteiger partial charge is 0.331 e. The average molecular weight is 276 g/mol. The van der Waals surface area contributed by atoms with Crippen LogP contribution in [0.25, 0.3) is 5.53 Å². The number of carbonyl (C=O) groups excluding carboxylic acids is 1. The molecule has 2 aliphatic rings. The van der Waals surface area contributed by atoms with E-state index in [4.69, 9.17) is 15.0 Å². The second-order valence-corrected chi connectivity index (χ2v) is 5.61. The fourth-order valence-electron chi connectivity index (χ4n) is 2.52. The summed E-state index contributed by atoms with van der Waals surface area (Å²) in [5, 5.41) is 0. The van der Waals surface area contributed by atoms with Crippen LogP contribution in [-0.2, 0) is 14.3 Å². The van der Waals surface area contributed by atoms with E-state index in [2.05, 4.69) is 4.79 Å². The maximum absolute atomic E-state index is 11.6. The predicted molar refractivity (Wildman–Crippen MR) is 74.2 cm³/mol. The highest BCUT2D eigenvalue weighted by Crippen LogP contribution is 2.36. The number of ether oxygens (including phenoxy) is 2. The maximum atomic E-state index is 11.6. The molecule has 1 saturated heterocycles. The number of rotatable bonds is 5. The number of fused-ring (bicyclic) bond motifs is 1. The van der Waals surface area contributed by atoms with Crippen LogP contribution in [0, 0.1) is 0 Å². The minimum absolute atomic E-state index is 0.0403. The van der Waals surface area contributed by atoms with Gasteiger partial charge in [-0.1, -0.05) is 18.2 Å². The number of carbonyl (C=O) groups is 1. The molecule has 0 radical (unpaired) electrons. The summed E-state index contributed by atoms with van der Waals surface area (Å²) in [5.41, 5.74) is 9.85. The lowest BCUT2D eigenvalue weighted by Crippen LogP contribution is -2.25. The van der Waals surface area contributed by atoms with Gasteiger partial charge in [0.25, 0.3) is 0 Å². The van der Waals surface area contributed by atoms with Crippen molar-refractivity contribution in [3.8, 4) is 0 Å². The molecule has 1 heterocycles. The predicted octanol–water partition coefficient (Wildman–Crippen LogP) is 2.43. The van der Waals surface area contributed by atoms with Gasteiger partial charge in [-0.3, -0.25) is 4.79 Å². The molecule has 1 aliphatic heterocycles. The van der Waals surface area contributed by atoms with Gasteiger partial charge < -0.3 is 15.0 Å². The minimum atomic E-state index is -0.570. The highest BCUT2D eigenvalue weighted by Gasteiger charge is 2.42. The summed E-state index contributed by atoms with van der Waals surface area (Å²) in [5.74, 6) is -0.695. The quantitative estimate of drug-likeness (QED) is 0.440. The van der Waals surface area contributed by atoms with Crippen molar-refractivity contribution >= 4 is 11.5 Å². The number of hydrogen-bond acceptors (Lipinski definition) is 3. The molecule has 1 fully saturated rings. The highest BCUT2D eigenvalue weighted by molar-refractivity contribution is 6.36. The molecule has 0 spiro atoms. The van der Waals surface area contributed by atoms with Crippen LogP contribution in [0.5, 0.6) is 0 Å². The molecule has 1 aliphatic carbocycles. The molecular formula is C15H20N2O3. The summed E-state index contributed by atoms with van der Waals surface area (Å²) < 4.78 is 11.7. The summed E-state index contributed by atoms with van der Waals surface area (Å²) in [6, 6.07) is 0. The van der Waals surface area contributed by atoms with Crippen LogP contribution < -0.4 is 0 Å². The SMILES string of the molecule is CC(=[N+]=[N-])C(=O)CCCC1=CC=C[C@@H]2OC(C)(C)O[C@H]12. The van der Waals surface area contributed by atoms with Crippen molar-refractivity contribution in [1.82, 2.24) is 0 Å². The van der Waals surface area contributed by atoms with Crippen LogP contribution in [0.4, 0.5) is 0 Å². The molecule has 2 rings (SSSR count). The summed E-state index contributed by atoms with van der Waals surface area (Å²) in [6.45, 7) is 5.32. The Hall–Kier alpha value is -1.55. The first-order valence-corrected chi connectivity index (χ1v) is 6.88. The molecule has 2 atom stereocenters. The standard InChI is InChI=1S/C15H20N2O3/c1-10(17-16)12(18)8-4-6-11-7-5-9-13-14(11)20-15(2,3)19-13/h5,7,9,13-14H,4,6,8H2,1-3H3/t13-,14+/m0/s1. The van der Waals surface area contributed by atoms with Crippen molar-refractivity contribution in [1.29, 1.82) is 0 Å². The van der Waals surface area contributed by atoms with E-state index in [1.807, 2.05) is 32.1 Å². The third-order valence-corrected chi connectivity index (χ3v) is 3.53. The zero-order valence-corrected chi connectivity index (χ0v) is 12.1. The Morgan fingerprint density at radius 3 is 2.90 bits per heavy atom. The Kier molecular flexibility index (Phi) is 4.33. The fourth-order valence-corrected chi connectivity index (χ4v) is 2.52. The van der Waals surface area contributed by atoms with E-state index in [1.165, 1.54) is 6.92 Å². The lowest BCUT2D eigenvalue weighted by molar-refractivity contribution is -0.139. The van der Waals surface area contributed by atoms with E-state index in [-0.39, 0.29) is 23.7 Å². The Morgan fingerprint density at radius 1 is 1.45 bits per heavy atom. The molecule has 0 aromatic heterocycles. The van der Waals surface area contributed by atoms with Crippen molar-refractivity contribution in [2.24, 2.45) is 0 Å². The van der Waals surface area contributed by atoms with E-state index in [0.29, 0.717) is 12.8 Å². The van der Waals surface area contributed by atoms with E-state index < -0.39 is 5.79 Å². The van der Waals surface area contributed by atoms with Gasteiger partial charge in [0.1, 0.15) is 12.2 Å². The molecule has 108 valence electrons. The average Bonchev–Trinajstić information content (AvgIpc) is 2.72. The molecule has 0 N–H and O–H groups in total. The second-order valence-electron chi connectivity index (χ2n) is 5.61. The highest BCUT2D eigenvalue weighted by atomic mass is 16.7. The summed E-state index contributed by atoms with van der Waals surface area (Å²) in [6.07, 6.45) is 7.76. The van der Waals surface area contributed by atoms with Gasteiger partial charge in [-0.15, -0.1) is 0 Å². The van der Waals surface area contributed by atoms with Crippen LogP contribution in [0.15, 0.2) is 23.8 Å². The summed E-state index contributed by atoms with van der Waals surface area (Å²) in [7, 11) is 0. The zero-order valence-electron chi connectivity index (χ0n) is 12.1. The molecule has 5 nitrogen and oxygen atoms in total. The van der Waals surface area contributed by atoms with Gasteiger partial charge >= 0.3 is 5.71 Å². The van der Waals surface area contributed by atoms with Crippen molar-refractivity contribution in [3.05, 3.63) is 29.3 Å². The lowest BCUT2D eigenvalue weighted by Gasteiger charge is -2.20. The maximum Gasteiger partial charge on any atom is 0.331 e. The number of Topliss-reactive ketones (excluding diaryl/α,β-unsaturated/α-hetero) is 1. The monoisotopic (exact) mass is 276 g/mol. The van der Waals surface area contributed by atoms with Crippen molar-refractivity contribution in [2.45, 2.75) is 58.0 Å². The molecule has 0 amide bonds. The summed E-state index contributed by atoms with van der Waals surface area (Å²) >= 11 is 0. The summed E-state index contributed by atoms with van der Waals surface area (Å²) in [4.78, 5) is 14.5. The molecule has 0 aromatic carbocycles. The first-order valence-electron chi connectivity index (χ1n) is 6.88. The first-order chi connectivity index (χ1) is 9.43. The van der Waals surface area contributed by atoms with Crippen LogP contribution in [-0.4, -0.2) is 34.3 Å². The number of ketones is 1. The van der Waals surface area contributed by atoms with Crippen LogP contribution in [0.1, 0.15) is 40.0 Å². The van der Waals surface area contributed by atoms with E-state index in [1.54, 1.807) is 0 Å².